The van der Waals surface area contributed by atoms with Crippen molar-refractivity contribution in [3.8, 4) is 12.3 Å². The maximum absolute atomic E-state index is 13.3. The first-order chi connectivity index (χ1) is 12.5. The molecule has 2 aromatic carbocycles. The number of terminal acetylenes is 1. The van der Waals surface area contributed by atoms with Crippen LogP contribution in [0, 0.1) is 18.2 Å². The zero-order valence-electron chi connectivity index (χ0n) is 13.8. The molecule has 0 spiro atoms. The number of hydrogen-bond donors (Lipinski definition) is 1. The van der Waals surface area contributed by atoms with E-state index in [0.29, 0.717) is 10.5 Å². The molecule has 0 unspecified atom stereocenters. The second-order valence-electron chi connectivity index (χ2n) is 5.47. The van der Waals surface area contributed by atoms with Gasteiger partial charge in [0.2, 0.25) is 5.91 Å². The standard InChI is InChI=1S/C19H14FN3O2S/c1-3-9-23-16-8-7-15(21-12(2)24)11-17(16)26-19(23)22-18(25)13-5-4-6-14(20)10-13/h1,4-8,10-11H,9H2,2H3,(H,21,24). The number of amides is 2. The van der Waals surface area contributed by atoms with Gasteiger partial charge in [-0.15, -0.1) is 6.42 Å². The van der Waals surface area contributed by atoms with E-state index in [2.05, 4.69) is 16.2 Å². The number of thiazole rings is 1. The largest absolute Gasteiger partial charge is 0.326 e. The molecule has 1 N–H and O–H groups in total. The van der Waals surface area contributed by atoms with E-state index >= 15 is 0 Å². The summed E-state index contributed by atoms with van der Waals surface area (Å²) < 4.78 is 15.9. The summed E-state index contributed by atoms with van der Waals surface area (Å²) in [5.74, 6) is 1.31. The van der Waals surface area contributed by atoms with Crippen LogP contribution in [0.15, 0.2) is 47.5 Å². The average Bonchev–Trinajstić information content (AvgIpc) is 2.91. The fraction of sp³-hybridized carbons (Fsp3) is 0.105. The fourth-order valence-electron chi connectivity index (χ4n) is 2.46. The van der Waals surface area contributed by atoms with E-state index in [-0.39, 0.29) is 18.0 Å². The molecule has 1 aromatic heterocycles. The van der Waals surface area contributed by atoms with Crippen molar-refractivity contribution in [1.82, 2.24) is 4.57 Å². The smallest absolute Gasteiger partial charge is 0.279 e. The van der Waals surface area contributed by atoms with E-state index in [4.69, 9.17) is 6.42 Å². The molecule has 0 saturated carbocycles. The molecule has 0 aliphatic heterocycles. The van der Waals surface area contributed by atoms with Gasteiger partial charge in [0, 0.05) is 18.2 Å². The Balaban J connectivity index is 2.11. The number of carbonyl (C=O) groups is 2. The van der Waals surface area contributed by atoms with Gasteiger partial charge < -0.3 is 9.88 Å². The topological polar surface area (TPSA) is 63.5 Å². The number of halogens is 1. The highest BCUT2D eigenvalue weighted by Crippen LogP contribution is 2.22. The van der Waals surface area contributed by atoms with Crippen molar-refractivity contribution in [2.45, 2.75) is 13.5 Å². The minimum atomic E-state index is -0.552. The highest BCUT2D eigenvalue weighted by atomic mass is 32.1. The highest BCUT2D eigenvalue weighted by Gasteiger charge is 2.10. The Kier molecular flexibility index (Phi) is 4.96. The molecule has 5 nitrogen and oxygen atoms in total. The lowest BCUT2D eigenvalue weighted by Crippen LogP contribution is -2.16. The SMILES string of the molecule is C#CCn1c(=NC(=O)c2cccc(F)c2)sc2cc(NC(C)=O)ccc21. The molecule has 26 heavy (non-hydrogen) atoms. The van der Waals surface area contributed by atoms with E-state index < -0.39 is 11.7 Å². The summed E-state index contributed by atoms with van der Waals surface area (Å²) in [6.07, 6.45) is 5.44. The lowest BCUT2D eigenvalue weighted by molar-refractivity contribution is -0.114. The minimum absolute atomic E-state index is 0.161. The molecule has 0 aliphatic carbocycles. The molecular formula is C19H14FN3O2S. The molecule has 0 atom stereocenters. The van der Waals surface area contributed by atoms with Gasteiger partial charge in [-0.3, -0.25) is 9.59 Å². The van der Waals surface area contributed by atoms with Crippen LogP contribution < -0.4 is 10.1 Å². The van der Waals surface area contributed by atoms with Crippen molar-refractivity contribution in [3.63, 3.8) is 0 Å². The predicted molar refractivity (Wildman–Crippen MR) is 99.2 cm³/mol. The van der Waals surface area contributed by atoms with Crippen LogP contribution in [0.3, 0.4) is 0 Å². The van der Waals surface area contributed by atoms with E-state index in [1.165, 1.54) is 36.5 Å². The van der Waals surface area contributed by atoms with Crippen LogP contribution in [0.1, 0.15) is 17.3 Å². The van der Waals surface area contributed by atoms with Gasteiger partial charge in [-0.05, 0) is 36.4 Å². The van der Waals surface area contributed by atoms with Crippen LogP contribution in [-0.2, 0) is 11.3 Å². The van der Waals surface area contributed by atoms with E-state index in [0.717, 1.165) is 16.3 Å². The first-order valence-electron chi connectivity index (χ1n) is 7.67. The molecular weight excluding hydrogens is 353 g/mol. The number of aromatic nitrogens is 1. The summed E-state index contributed by atoms with van der Waals surface area (Å²) in [5.41, 5.74) is 1.60. The molecule has 0 saturated heterocycles. The van der Waals surface area contributed by atoms with Crippen LogP contribution in [0.5, 0.6) is 0 Å². The Morgan fingerprint density at radius 3 is 2.81 bits per heavy atom. The van der Waals surface area contributed by atoms with Crippen LogP contribution in [0.4, 0.5) is 10.1 Å². The molecule has 3 rings (SSSR count). The second kappa shape index (κ2) is 7.33. The Morgan fingerprint density at radius 2 is 2.12 bits per heavy atom. The first-order valence-corrected chi connectivity index (χ1v) is 8.48. The Hall–Kier alpha value is -3.24. The monoisotopic (exact) mass is 367 g/mol. The van der Waals surface area contributed by atoms with Gasteiger partial charge in [-0.2, -0.15) is 4.99 Å². The number of anilines is 1. The lowest BCUT2D eigenvalue weighted by Gasteiger charge is -2.03. The van der Waals surface area contributed by atoms with Gasteiger partial charge in [-0.1, -0.05) is 23.3 Å². The predicted octanol–water partition coefficient (Wildman–Crippen LogP) is 3.17. The van der Waals surface area contributed by atoms with Crippen molar-refractivity contribution in [3.05, 3.63) is 58.6 Å². The third-order valence-corrected chi connectivity index (χ3v) is 4.56. The molecule has 130 valence electrons. The number of nitrogens with one attached hydrogen (secondary N) is 1. The van der Waals surface area contributed by atoms with Crippen molar-refractivity contribution >= 4 is 39.1 Å². The maximum Gasteiger partial charge on any atom is 0.279 e. The van der Waals surface area contributed by atoms with E-state index in [1.54, 1.807) is 22.8 Å². The quantitative estimate of drug-likeness (QED) is 0.723. The third-order valence-electron chi connectivity index (χ3n) is 3.52. The van der Waals surface area contributed by atoms with Crippen molar-refractivity contribution in [2.24, 2.45) is 4.99 Å². The molecule has 1 heterocycles. The number of hydrogen-bond acceptors (Lipinski definition) is 3. The highest BCUT2D eigenvalue weighted by molar-refractivity contribution is 7.16. The summed E-state index contributed by atoms with van der Waals surface area (Å²) in [6.45, 7) is 1.66. The van der Waals surface area contributed by atoms with E-state index in [9.17, 15) is 14.0 Å². The molecule has 7 heteroatoms. The zero-order valence-corrected chi connectivity index (χ0v) is 14.6. The van der Waals surface area contributed by atoms with Crippen molar-refractivity contribution in [1.29, 1.82) is 0 Å². The molecule has 0 bridgehead atoms. The number of rotatable bonds is 3. The number of fused-ring (bicyclic) bond motifs is 1. The van der Waals surface area contributed by atoms with Crippen LogP contribution in [-0.4, -0.2) is 16.4 Å². The van der Waals surface area contributed by atoms with Crippen molar-refractivity contribution < 1.29 is 14.0 Å². The van der Waals surface area contributed by atoms with Gasteiger partial charge in [0.1, 0.15) is 5.82 Å². The van der Waals surface area contributed by atoms with E-state index in [1.807, 2.05) is 0 Å². The van der Waals surface area contributed by atoms with Gasteiger partial charge in [0.05, 0.1) is 16.8 Å². The summed E-state index contributed by atoms with van der Waals surface area (Å²) in [7, 11) is 0. The van der Waals surface area contributed by atoms with Gasteiger partial charge >= 0.3 is 0 Å². The molecule has 0 aliphatic rings. The third kappa shape index (κ3) is 3.71. The van der Waals surface area contributed by atoms with Crippen molar-refractivity contribution in [2.75, 3.05) is 5.32 Å². The molecule has 2 amide bonds. The summed E-state index contributed by atoms with van der Waals surface area (Å²) >= 11 is 1.27. The zero-order chi connectivity index (χ0) is 18.7. The lowest BCUT2D eigenvalue weighted by atomic mass is 10.2. The van der Waals surface area contributed by atoms with Crippen LogP contribution in [0.25, 0.3) is 10.2 Å². The summed E-state index contributed by atoms with van der Waals surface area (Å²) in [6, 6.07) is 10.7. The number of carbonyl (C=O) groups excluding carboxylic acids is 2. The Labute approximate surface area is 152 Å². The first kappa shape index (κ1) is 17.6. The Morgan fingerprint density at radius 1 is 1.31 bits per heavy atom. The molecule has 0 fully saturated rings. The summed E-state index contributed by atoms with van der Waals surface area (Å²) in [4.78, 5) is 28.1. The molecule has 0 radical (unpaired) electrons. The van der Waals surface area contributed by atoms with Crippen LogP contribution >= 0.6 is 11.3 Å². The normalized spacial score (nSPS) is 11.3. The minimum Gasteiger partial charge on any atom is -0.326 e. The average molecular weight is 367 g/mol. The van der Waals surface area contributed by atoms with Gasteiger partial charge in [0.25, 0.3) is 5.91 Å². The maximum atomic E-state index is 13.3. The number of benzene rings is 2. The van der Waals surface area contributed by atoms with Crippen LogP contribution in [0.2, 0.25) is 0 Å². The Bertz CT molecular complexity index is 1120. The summed E-state index contributed by atoms with van der Waals surface area (Å²) in [5, 5.41) is 2.71. The van der Waals surface area contributed by atoms with Gasteiger partial charge in [-0.25, -0.2) is 4.39 Å². The number of nitrogens with zero attached hydrogens (tertiary/aromatic N) is 2. The van der Waals surface area contributed by atoms with Gasteiger partial charge in [0.15, 0.2) is 4.80 Å². The molecule has 3 aromatic rings. The fourth-order valence-corrected chi connectivity index (χ4v) is 3.52. The second-order valence-corrected chi connectivity index (χ2v) is 6.47.